The molecule has 3 heterocycles. The molecule has 0 N–H and O–H groups in total. The van der Waals surface area contributed by atoms with Crippen molar-refractivity contribution in [1.82, 2.24) is 0 Å². The highest BCUT2D eigenvalue weighted by molar-refractivity contribution is 7.86. The van der Waals surface area contributed by atoms with Crippen LogP contribution in [0.4, 0.5) is 0 Å². The lowest BCUT2D eigenvalue weighted by Gasteiger charge is -2.37. The van der Waals surface area contributed by atoms with E-state index in [4.69, 9.17) is 4.42 Å². The van der Waals surface area contributed by atoms with Gasteiger partial charge >= 0.3 is 0 Å². The van der Waals surface area contributed by atoms with Crippen molar-refractivity contribution in [3.05, 3.63) is 36.1 Å². The average Bonchev–Trinajstić information content (AvgIpc) is 2.93. The van der Waals surface area contributed by atoms with Crippen LogP contribution in [-0.4, -0.2) is 20.5 Å². The van der Waals surface area contributed by atoms with Gasteiger partial charge in [-0.2, -0.15) is 0 Å². The summed E-state index contributed by atoms with van der Waals surface area (Å²) in [4.78, 5) is 12.8. The first-order valence-electron chi connectivity index (χ1n) is 7.63. The lowest BCUT2D eigenvalue weighted by Crippen LogP contribution is -2.41. The van der Waals surface area contributed by atoms with Crippen molar-refractivity contribution in [3.8, 4) is 0 Å². The summed E-state index contributed by atoms with van der Waals surface area (Å²) in [6.07, 6.45) is 6.45. The van der Waals surface area contributed by atoms with E-state index in [-0.39, 0.29) is 22.2 Å². The third-order valence-corrected chi connectivity index (χ3v) is 7.08. The van der Waals surface area contributed by atoms with Gasteiger partial charge in [0.2, 0.25) is 0 Å². The van der Waals surface area contributed by atoms with Crippen molar-refractivity contribution in [2.75, 3.05) is 0 Å². The summed E-state index contributed by atoms with van der Waals surface area (Å²) in [5.74, 6) is 0.258. The standard InChI is InChI=1S/C17H18O3S/c18-17(12-4-5-16-11(8-12)6-7-20-16)13-9-14-2-1-3-15(10-13)21(14)19/h4-8,13-15H,1-3,9-10H2. The number of ketones is 1. The lowest BCUT2D eigenvalue weighted by molar-refractivity contribution is 0.0895. The molecule has 2 aliphatic rings. The van der Waals surface area contributed by atoms with Gasteiger partial charge in [0.25, 0.3) is 0 Å². The third-order valence-electron chi connectivity index (χ3n) is 4.91. The van der Waals surface area contributed by atoms with E-state index in [0.717, 1.165) is 42.2 Å². The van der Waals surface area contributed by atoms with E-state index in [1.165, 1.54) is 6.42 Å². The molecule has 2 bridgehead atoms. The Morgan fingerprint density at radius 1 is 1.14 bits per heavy atom. The largest absolute Gasteiger partial charge is 0.464 e. The van der Waals surface area contributed by atoms with Crippen LogP contribution in [0.25, 0.3) is 11.0 Å². The predicted molar refractivity (Wildman–Crippen MR) is 82.8 cm³/mol. The zero-order valence-corrected chi connectivity index (χ0v) is 12.6. The Balaban J connectivity index is 1.61. The Labute approximate surface area is 126 Å². The molecule has 2 aromatic rings. The van der Waals surface area contributed by atoms with Crippen LogP contribution in [0.15, 0.2) is 34.9 Å². The zero-order chi connectivity index (χ0) is 14.4. The van der Waals surface area contributed by atoms with Gasteiger partial charge in [-0.3, -0.25) is 9.00 Å². The maximum atomic E-state index is 12.8. The van der Waals surface area contributed by atoms with E-state index in [1.807, 2.05) is 24.3 Å². The van der Waals surface area contributed by atoms with Crippen LogP contribution < -0.4 is 0 Å². The van der Waals surface area contributed by atoms with Crippen molar-refractivity contribution in [3.63, 3.8) is 0 Å². The smallest absolute Gasteiger partial charge is 0.166 e. The second-order valence-electron chi connectivity index (χ2n) is 6.21. The second-order valence-corrected chi connectivity index (χ2v) is 8.20. The Bertz CT molecular complexity index is 702. The van der Waals surface area contributed by atoms with Crippen molar-refractivity contribution in [1.29, 1.82) is 0 Å². The van der Waals surface area contributed by atoms with E-state index in [1.54, 1.807) is 6.26 Å². The first-order chi connectivity index (χ1) is 10.2. The van der Waals surface area contributed by atoms with Crippen LogP contribution in [0.5, 0.6) is 0 Å². The zero-order valence-electron chi connectivity index (χ0n) is 11.8. The number of hydrogen-bond donors (Lipinski definition) is 0. The van der Waals surface area contributed by atoms with Crippen LogP contribution in [0.1, 0.15) is 42.5 Å². The van der Waals surface area contributed by atoms with Crippen LogP contribution in [0, 0.1) is 5.92 Å². The molecule has 3 nitrogen and oxygen atoms in total. The molecule has 0 amide bonds. The topological polar surface area (TPSA) is 47.3 Å². The maximum absolute atomic E-state index is 12.8. The Hall–Kier alpha value is -1.42. The molecule has 2 atom stereocenters. The molecule has 0 saturated carbocycles. The minimum atomic E-state index is -0.713. The van der Waals surface area contributed by atoms with Gasteiger partial charge in [-0.15, -0.1) is 0 Å². The second kappa shape index (κ2) is 5.09. The summed E-state index contributed by atoms with van der Waals surface area (Å²) in [5, 5.41) is 1.45. The number of fused-ring (bicyclic) bond motifs is 3. The van der Waals surface area contributed by atoms with E-state index >= 15 is 0 Å². The van der Waals surface area contributed by atoms with Crippen molar-refractivity contribution >= 4 is 27.6 Å². The Morgan fingerprint density at radius 3 is 2.67 bits per heavy atom. The van der Waals surface area contributed by atoms with E-state index in [0.29, 0.717) is 0 Å². The molecule has 0 aliphatic carbocycles. The van der Waals surface area contributed by atoms with Gasteiger partial charge in [0.1, 0.15) is 5.58 Å². The number of hydrogen-bond acceptors (Lipinski definition) is 3. The summed E-state index contributed by atoms with van der Waals surface area (Å²) in [7, 11) is -0.713. The minimum Gasteiger partial charge on any atom is -0.464 e. The highest BCUT2D eigenvalue weighted by Crippen LogP contribution is 2.38. The minimum absolute atomic E-state index is 0.0438. The molecule has 1 aromatic carbocycles. The van der Waals surface area contributed by atoms with Crippen LogP contribution in [0.3, 0.4) is 0 Å². The Kier molecular flexibility index (Phi) is 3.21. The number of furan rings is 1. The van der Waals surface area contributed by atoms with Crippen LogP contribution in [0.2, 0.25) is 0 Å². The molecule has 1 aromatic heterocycles. The van der Waals surface area contributed by atoms with E-state index < -0.39 is 10.8 Å². The Morgan fingerprint density at radius 2 is 1.90 bits per heavy atom. The fraction of sp³-hybridized carbons (Fsp3) is 0.471. The summed E-state index contributed by atoms with van der Waals surface area (Å²) >= 11 is 0. The molecular weight excluding hydrogens is 284 g/mol. The highest BCUT2D eigenvalue weighted by Gasteiger charge is 2.40. The maximum Gasteiger partial charge on any atom is 0.166 e. The third kappa shape index (κ3) is 2.26. The molecule has 2 fully saturated rings. The molecule has 0 spiro atoms. The molecule has 2 saturated heterocycles. The van der Waals surface area contributed by atoms with Crippen molar-refractivity contribution in [2.45, 2.75) is 42.6 Å². The molecule has 21 heavy (non-hydrogen) atoms. The summed E-state index contributed by atoms with van der Waals surface area (Å²) in [6, 6.07) is 7.53. The van der Waals surface area contributed by atoms with Gasteiger partial charge in [0.15, 0.2) is 5.78 Å². The van der Waals surface area contributed by atoms with E-state index in [9.17, 15) is 9.00 Å². The number of rotatable bonds is 2. The molecule has 4 rings (SSSR count). The van der Waals surface area contributed by atoms with Gasteiger partial charge in [0, 0.05) is 38.2 Å². The van der Waals surface area contributed by atoms with Crippen LogP contribution >= 0.6 is 0 Å². The quantitative estimate of drug-likeness (QED) is 0.795. The SMILES string of the molecule is O=C(c1ccc2occc2c1)C1CC2CCCC(C1)S2=O. The highest BCUT2D eigenvalue weighted by atomic mass is 32.2. The molecule has 2 aliphatic heterocycles. The van der Waals surface area contributed by atoms with Gasteiger partial charge in [0.05, 0.1) is 6.26 Å². The molecule has 110 valence electrons. The lowest BCUT2D eigenvalue weighted by atomic mass is 9.84. The van der Waals surface area contributed by atoms with Gasteiger partial charge in [-0.05, 0) is 49.9 Å². The monoisotopic (exact) mass is 302 g/mol. The van der Waals surface area contributed by atoms with Crippen molar-refractivity contribution < 1.29 is 13.4 Å². The van der Waals surface area contributed by atoms with E-state index in [2.05, 4.69) is 0 Å². The molecule has 4 heteroatoms. The molecular formula is C17H18O3S. The number of carbonyl (C=O) groups excluding carboxylic acids is 1. The summed E-state index contributed by atoms with van der Waals surface area (Å²) < 4.78 is 17.6. The summed E-state index contributed by atoms with van der Waals surface area (Å²) in [6.45, 7) is 0. The predicted octanol–water partition coefficient (Wildman–Crippen LogP) is 3.70. The molecule has 2 unspecified atom stereocenters. The first kappa shape index (κ1) is 13.3. The molecule has 0 radical (unpaired) electrons. The number of Topliss-reactive ketones (excluding diaryl/α,β-unsaturated/α-hetero) is 1. The summed E-state index contributed by atoms with van der Waals surface area (Å²) in [5.41, 5.74) is 1.58. The number of benzene rings is 1. The van der Waals surface area contributed by atoms with Gasteiger partial charge < -0.3 is 4.42 Å². The fourth-order valence-corrected chi connectivity index (χ4v) is 5.99. The number of carbonyl (C=O) groups is 1. The normalized spacial score (nSPS) is 32.2. The van der Waals surface area contributed by atoms with Crippen molar-refractivity contribution in [2.24, 2.45) is 5.92 Å². The first-order valence-corrected chi connectivity index (χ1v) is 8.91. The van der Waals surface area contributed by atoms with Gasteiger partial charge in [-0.1, -0.05) is 6.42 Å². The fourth-order valence-electron chi connectivity index (χ4n) is 3.80. The van der Waals surface area contributed by atoms with Crippen LogP contribution in [-0.2, 0) is 10.8 Å². The average molecular weight is 302 g/mol. The van der Waals surface area contributed by atoms with Gasteiger partial charge in [-0.25, -0.2) is 0 Å².